The fourth-order valence-corrected chi connectivity index (χ4v) is 3.13. The molecule has 4 heteroatoms. The molecule has 4 nitrogen and oxygen atoms in total. The standard InChI is InChI=1S/C25H33NO3/c1-5-6-15-28-24-17-20(2)25(21(3)18-24)29-16-9-7-8-10-22-11-13-23(14-12-22)19-26-27-4/h5-6,11-14,17-19H,7-10,15-16H2,1-4H3/b6-5+,26-19+. The number of unbranched alkanes of at least 4 members (excludes halogenated alkanes) is 2. The Kier molecular flexibility index (Phi) is 9.84. The Balaban J connectivity index is 1.70. The second-order valence-corrected chi connectivity index (χ2v) is 7.08. The van der Waals surface area contributed by atoms with Crippen LogP contribution in [0.1, 0.15) is 48.4 Å². The van der Waals surface area contributed by atoms with Crippen molar-refractivity contribution >= 4 is 6.21 Å². The Morgan fingerprint density at radius 3 is 2.31 bits per heavy atom. The summed E-state index contributed by atoms with van der Waals surface area (Å²) >= 11 is 0. The highest BCUT2D eigenvalue weighted by molar-refractivity contribution is 5.79. The van der Waals surface area contributed by atoms with Crippen LogP contribution in [0, 0.1) is 13.8 Å². The summed E-state index contributed by atoms with van der Waals surface area (Å²) < 4.78 is 11.8. The van der Waals surface area contributed by atoms with Gasteiger partial charge in [0, 0.05) is 0 Å². The van der Waals surface area contributed by atoms with E-state index >= 15 is 0 Å². The van der Waals surface area contributed by atoms with E-state index in [0.29, 0.717) is 6.61 Å². The lowest BCUT2D eigenvalue weighted by molar-refractivity contribution is 0.215. The van der Waals surface area contributed by atoms with Gasteiger partial charge in [-0.3, -0.25) is 0 Å². The molecule has 0 amide bonds. The number of allylic oxidation sites excluding steroid dienone is 1. The van der Waals surface area contributed by atoms with Crippen molar-refractivity contribution in [1.29, 1.82) is 0 Å². The number of hydrogen-bond donors (Lipinski definition) is 0. The van der Waals surface area contributed by atoms with E-state index in [1.807, 2.05) is 31.2 Å². The lowest BCUT2D eigenvalue weighted by atomic mass is 10.1. The van der Waals surface area contributed by atoms with Gasteiger partial charge in [-0.15, -0.1) is 0 Å². The number of aryl methyl sites for hydroxylation is 3. The van der Waals surface area contributed by atoms with Crippen molar-refractivity contribution in [2.45, 2.75) is 46.5 Å². The van der Waals surface area contributed by atoms with Crippen LogP contribution in [0.25, 0.3) is 0 Å². The van der Waals surface area contributed by atoms with Gasteiger partial charge in [0.1, 0.15) is 25.2 Å². The Morgan fingerprint density at radius 2 is 1.66 bits per heavy atom. The van der Waals surface area contributed by atoms with Crippen LogP contribution in [0.15, 0.2) is 53.7 Å². The quantitative estimate of drug-likeness (QED) is 0.191. The van der Waals surface area contributed by atoms with E-state index < -0.39 is 0 Å². The molecule has 2 rings (SSSR count). The number of hydrogen-bond acceptors (Lipinski definition) is 4. The first-order valence-electron chi connectivity index (χ1n) is 10.3. The number of nitrogens with zero attached hydrogens (tertiary/aromatic N) is 1. The summed E-state index contributed by atoms with van der Waals surface area (Å²) in [4.78, 5) is 4.70. The lowest BCUT2D eigenvalue weighted by Crippen LogP contribution is -2.02. The van der Waals surface area contributed by atoms with Gasteiger partial charge in [-0.25, -0.2) is 0 Å². The zero-order chi connectivity index (χ0) is 20.9. The summed E-state index contributed by atoms with van der Waals surface area (Å²) in [6.07, 6.45) is 10.1. The molecule has 0 bridgehead atoms. The molecular weight excluding hydrogens is 362 g/mol. The van der Waals surface area contributed by atoms with E-state index in [9.17, 15) is 0 Å². The maximum atomic E-state index is 6.06. The van der Waals surface area contributed by atoms with Crippen LogP contribution < -0.4 is 9.47 Å². The van der Waals surface area contributed by atoms with E-state index in [4.69, 9.17) is 14.3 Å². The Bertz CT molecular complexity index is 771. The van der Waals surface area contributed by atoms with Gasteiger partial charge in [0.25, 0.3) is 0 Å². The molecule has 0 aromatic heterocycles. The number of benzene rings is 2. The van der Waals surface area contributed by atoms with E-state index in [1.165, 1.54) is 5.56 Å². The second kappa shape index (κ2) is 12.7. The van der Waals surface area contributed by atoms with Crippen LogP contribution in [0.5, 0.6) is 11.5 Å². The first kappa shape index (κ1) is 22.5. The predicted molar refractivity (Wildman–Crippen MR) is 120 cm³/mol. The van der Waals surface area contributed by atoms with Crippen molar-refractivity contribution in [3.63, 3.8) is 0 Å². The topological polar surface area (TPSA) is 40.0 Å². The summed E-state index contributed by atoms with van der Waals surface area (Å²) in [5.41, 5.74) is 4.64. The molecular formula is C25H33NO3. The fourth-order valence-electron chi connectivity index (χ4n) is 3.13. The molecule has 2 aromatic carbocycles. The third-order valence-corrected chi connectivity index (χ3v) is 4.66. The third kappa shape index (κ3) is 8.02. The van der Waals surface area contributed by atoms with E-state index in [2.05, 4.69) is 43.3 Å². The molecule has 2 aromatic rings. The molecule has 0 saturated carbocycles. The molecule has 0 N–H and O–H groups in total. The average molecular weight is 396 g/mol. The van der Waals surface area contributed by atoms with Crippen molar-refractivity contribution in [3.8, 4) is 11.5 Å². The molecule has 156 valence electrons. The molecule has 0 fully saturated rings. The first-order valence-corrected chi connectivity index (χ1v) is 10.3. The summed E-state index contributed by atoms with van der Waals surface area (Å²) in [6, 6.07) is 12.5. The zero-order valence-corrected chi connectivity index (χ0v) is 18.1. The Labute approximate surface area is 175 Å². The van der Waals surface area contributed by atoms with Crippen LogP contribution in [0.3, 0.4) is 0 Å². The normalized spacial score (nSPS) is 11.3. The molecule has 0 aliphatic carbocycles. The molecule has 0 saturated heterocycles. The van der Waals surface area contributed by atoms with Gasteiger partial charge in [-0.2, -0.15) is 0 Å². The zero-order valence-electron chi connectivity index (χ0n) is 18.1. The van der Waals surface area contributed by atoms with Gasteiger partial charge in [0.15, 0.2) is 0 Å². The van der Waals surface area contributed by atoms with Gasteiger partial charge < -0.3 is 14.3 Å². The second-order valence-electron chi connectivity index (χ2n) is 7.08. The smallest absolute Gasteiger partial charge is 0.125 e. The van der Waals surface area contributed by atoms with Crippen LogP contribution >= 0.6 is 0 Å². The van der Waals surface area contributed by atoms with Gasteiger partial charge in [0.2, 0.25) is 0 Å². The molecule has 0 aliphatic heterocycles. The van der Waals surface area contributed by atoms with Crippen molar-refractivity contribution in [2.24, 2.45) is 5.16 Å². The maximum Gasteiger partial charge on any atom is 0.125 e. The highest BCUT2D eigenvalue weighted by Gasteiger charge is 2.07. The summed E-state index contributed by atoms with van der Waals surface area (Å²) in [7, 11) is 1.55. The van der Waals surface area contributed by atoms with Crippen LogP contribution in [0.2, 0.25) is 0 Å². The van der Waals surface area contributed by atoms with Crippen LogP contribution in [0.4, 0.5) is 0 Å². The molecule has 29 heavy (non-hydrogen) atoms. The molecule has 0 radical (unpaired) electrons. The minimum atomic E-state index is 0.596. The van der Waals surface area contributed by atoms with Crippen molar-refractivity contribution in [3.05, 3.63) is 70.8 Å². The Morgan fingerprint density at radius 1 is 0.931 bits per heavy atom. The monoisotopic (exact) mass is 395 g/mol. The van der Waals surface area contributed by atoms with Crippen molar-refractivity contribution in [2.75, 3.05) is 20.3 Å². The van der Waals surface area contributed by atoms with E-state index in [0.717, 1.165) is 60.5 Å². The summed E-state index contributed by atoms with van der Waals surface area (Å²) in [5, 5.41) is 3.78. The van der Waals surface area contributed by atoms with E-state index in [-0.39, 0.29) is 0 Å². The van der Waals surface area contributed by atoms with Gasteiger partial charge >= 0.3 is 0 Å². The van der Waals surface area contributed by atoms with Crippen molar-refractivity contribution < 1.29 is 14.3 Å². The molecule has 0 unspecified atom stereocenters. The molecule has 0 heterocycles. The van der Waals surface area contributed by atoms with Crippen LogP contribution in [-0.2, 0) is 11.3 Å². The van der Waals surface area contributed by atoms with Crippen molar-refractivity contribution in [1.82, 2.24) is 0 Å². The maximum absolute atomic E-state index is 6.06. The predicted octanol–water partition coefficient (Wildman–Crippen LogP) is 6.03. The SMILES string of the molecule is C/C=C/COc1cc(C)c(OCCCCCc2ccc(/C=N/OC)cc2)c(C)c1. The fraction of sp³-hybridized carbons (Fsp3) is 0.400. The minimum absolute atomic E-state index is 0.596. The lowest BCUT2D eigenvalue weighted by Gasteiger charge is -2.14. The summed E-state index contributed by atoms with van der Waals surface area (Å²) in [6.45, 7) is 7.48. The molecule has 0 atom stereocenters. The van der Waals surface area contributed by atoms with Gasteiger partial charge in [-0.1, -0.05) is 41.6 Å². The summed E-state index contributed by atoms with van der Waals surface area (Å²) in [5.74, 6) is 1.88. The third-order valence-electron chi connectivity index (χ3n) is 4.66. The average Bonchev–Trinajstić information content (AvgIpc) is 2.71. The number of rotatable bonds is 12. The highest BCUT2D eigenvalue weighted by Crippen LogP contribution is 2.28. The van der Waals surface area contributed by atoms with Gasteiger partial charge in [0.05, 0.1) is 12.8 Å². The highest BCUT2D eigenvalue weighted by atomic mass is 16.6. The largest absolute Gasteiger partial charge is 0.493 e. The molecule has 0 spiro atoms. The van der Waals surface area contributed by atoms with Gasteiger partial charge in [-0.05, 0) is 80.8 Å². The number of oxime groups is 1. The minimum Gasteiger partial charge on any atom is -0.493 e. The number of ether oxygens (including phenoxy) is 2. The Hall–Kier alpha value is -2.75. The van der Waals surface area contributed by atoms with E-state index in [1.54, 1.807) is 13.3 Å². The molecule has 0 aliphatic rings. The van der Waals surface area contributed by atoms with Crippen LogP contribution in [-0.4, -0.2) is 26.5 Å². The first-order chi connectivity index (χ1) is 14.1.